The second-order valence-corrected chi connectivity index (χ2v) is 7.19. The molecule has 1 aliphatic heterocycles. The molecule has 0 spiro atoms. The van der Waals surface area contributed by atoms with Crippen molar-refractivity contribution in [2.75, 3.05) is 25.0 Å². The van der Waals surface area contributed by atoms with Crippen LogP contribution in [0.5, 0.6) is 0 Å². The number of piperidine rings is 1. The highest BCUT2D eigenvalue weighted by Crippen LogP contribution is 2.24. The molecule has 0 unspecified atom stereocenters. The maximum atomic E-state index is 5.69. The van der Waals surface area contributed by atoms with Crippen LogP contribution < -0.4 is 10.6 Å². The number of anilines is 1. The zero-order chi connectivity index (χ0) is 17.6. The SMILES string of the molecule is Cc1ccc(NC(=S)NC[C@@H](c2ccco2)N2CCCCC2)c(C)c1. The maximum Gasteiger partial charge on any atom is 0.170 e. The van der Waals surface area contributed by atoms with E-state index in [0.29, 0.717) is 5.11 Å². The fourth-order valence-electron chi connectivity index (χ4n) is 3.43. The van der Waals surface area contributed by atoms with Gasteiger partial charge in [-0.2, -0.15) is 0 Å². The average molecular weight is 358 g/mol. The molecule has 2 aromatic rings. The first-order valence-corrected chi connectivity index (χ1v) is 9.44. The van der Waals surface area contributed by atoms with Crippen molar-refractivity contribution in [1.29, 1.82) is 0 Å². The Morgan fingerprint density at radius 1 is 1.20 bits per heavy atom. The summed E-state index contributed by atoms with van der Waals surface area (Å²) in [5.41, 5.74) is 3.50. The van der Waals surface area contributed by atoms with Crippen molar-refractivity contribution < 1.29 is 4.42 Å². The van der Waals surface area contributed by atoms with Gasteiger partial charge in [-0.05, 0) is 75.8 Å². The Bertz CT molecular complexity index is 693. The molecule has 0 radical (unpaired) electrons. The van der Waals surface area contributed by atoms with Gasteiger partial charge in [0, 0.05) is 12.2 Å². The molecule has 1 aromatic carbocycles. The molecule has 3 rings (SSSR count). The van der Waals surface area contributed by atoms with Crippen molar-refractivity contribution in [1.82, 2.24) is 10.2 Å². The lowest BCUT2D eigenvalue weighted by molar-refractivity contribution is 0.146. The van der Waals surface area contributed by atoms with E-state index in [2.05, 4.69) is 53.6 Å². The number of hydrogen-bond donors (Lipinski definition) is 2. The largest absolute Gasteiger partial charge is 0.468 e. The molecule has 0 bridgehead atoms. The topological polar surface area (TPSA) is 40.4 Å². The summed E-state index contributed by atoms with van der Waals surface area (Å²) in [6, 6.07) is 10.6. The van der Waals surface area contributed by atoms with Crippen LogP contribution in [0.15, 0.2) is 41.0 Å². The van der Waals surface area contributed by atoms with E-state index in [9.17, 15) is 0 Å². The second-order valence-electron chi connectivity index (χ2n) is 6.78. The molecular weight excluding hydrogens is 330 g/mol. The van der Waals surface area contributed by atoms with E-state index in [1.54, 1.807) is 6.26 Å². The molecule has 25 heavy (non-hydrogen) atoms. The lowest BCUT2D eigenvalue weighted by Gasteiger charge is -2.33. The molecular formula is C20H27N3OS. The van der Waals surface area contributed by atoms with Crippen LogP contribution in [-0.2, 0) is 0 Å². The molecule has 1 atom stereocenters. The highest BCUT2D eigenvalue weighted by atomic mass is 32.1. The van der Waals surface area contributed by atoms with Gasteiger partial charge in [0.1, 0.15) is 5.76 Å². The van der Waals surface area contributed by atoms with Gasteiger partial charge in [0.15, 0.2) is 5.11 Å². The molecule has 2 N–H and O–H groups in total. The van der Waals surface area contributed by atoms with Crippen LogP contribution in [-0.4, -0.2) is 29.6 Å². The fraction of sp³-hybridized carbons (Fsp3) is 0.450. The molecule has 1 aromatic heterocycles. The van der Waals surface area contributed by atoms with Crippen LogP contribution in [0.1, 0.15) is 42.2 Å². The number of thiocarbonyl (C=S) groups is 1. The second kappa shape index (κ2) is 8.50. The monoisotopic (exact) mass is 357 g/mol. The van der Waals surface area contributed by atoms with Crippen molar-refractivity contribution in [2.45, 2.75) is 39.2 Å². The van der Waals surface area contributed by atoms with E-state index in [1.165, 1.54) is 30.4 Å². The Balaban J connectivity index is 1.61. The van der Waals surface area contributed by atoms with Gasteiger partial charge in [0.05, 0.1) is 12.3 Å². The standard InChI is InChI=1S/C20H27N3OS/c1-15-8-9-17(16(2)13-15)22-20(25)21-14-18(19-7-6-12-24-19)23-10-4-3-5-11-23/h6-9,12-13,18H,3-5,10-11,14H2,1-2H3,(H2,21,22,25)/t18-/m0/s1. The molecule has 1 fully saturated rings. The third kappa shape index (κ3) is 4.83. The van der Waals surface area contributed by atoms with Crippen LogP contribution in [0.3, 0.4) is 0 Å². The first-order chi connectivity index (χ1) is 12.1. The highest BCUT2D eigenvalue weighted by molar-refractivity contribution is 7.80. The van der Waals surface area contributed by atoms with E-state index >= 15 is 0 Å². The first-order valence-electron chi connectivity index (χ1n) is 9.03. The minimum absolute atomic E-state index is 0.217. The van der Waals surface area contributed by atoms with Gasteiger partial charge < -0.3 is 15.1 Å². The van der Waals surface area contributed by atoms with Crippen molar-refractivity contribution in [3.05, 3.63) is 53.5 Å². The van der Waals surface area contributed by atoms with E-state index in [1.807, 2.05) is 6.07 Å². The summed E-state index contributed by atoms with van der Waals surface area (Å²) >= 11 is 5.51. The third-order valence-corrected chi connectivity index (χ3v) is 5.04. The smallest absolute Gasteiger partial charge is 0.170 e. The summed E-state index contributed by atoms with van der Waals surface area (Å²) in [5.74, 6) is 1.00. The van der Waals surface area contributed by atoms with Gasteiger partial charge in [0.25, 0.3) is 0 Å². The Hall–Kier alpha value is -1.85. The summed E-state index contributed by atoms with van der Waals surface area (Å²) in [7, 11) is 0. The summed E-state index contributed by atoms with van der Waals surface area (Å²) in [6.45, 7) is 7.16. The van der Waals surface area contributed by atoms with E-state index in [4.69, 9.17) is 16.6 Å². The van der Waals surface area contributed by atoms with Crippen molar-refractivity contribution in [3.8, 4) is 0 Å². The maximum absolute atomic E-state index is 5.69. The molecule has 1 saturated heterocycles. The summed E-state index contributed by atoms with van der Waals surface area (Å²) in [6.07, 6.45) is 5.57. The predicted molar refractivity (Wildman–Crippen MR) is 107 cm³/mol. The van der Waals surface area contributed by atoms with Crippen LogP contribution in [0.4, 0.5) is 5.69 Å². The lowest BCUT2D eigenvalue weighted by atomic mass is 10.1. The molecule has 5 heteroatoms. The quantitative estimate of drug-likeness (QED) is 0.776. The number of furan rings is 1. The van der Waals surface area contributed by atoms with Crippen LogP contribution in [0.2, 0.25) is 0 Å². The van der Waals surface area contributed by atoms with Crippen molar-refractivity contribution in [2.24, 2.45) is 0 Å². The Morgan fingerprint density at radius 2 is 2.00 bits per heavy atom. The minimum atomic E-state index is 0.217. The zero-order valence-corrected chi connectivity index (χ0v) is 15.9. The number of likely N-dealkylation sites (tertiary alicyclic amines) is 1. The molecule has 134 valence electrons. The zero-order valence-electron chi connectivity index (χ0n) is 15.0. The van der Waals surface area contributed by atoms with Gasteiger partial charge in [-0.25, -0.2) is 0 Å². The molecule has 0 saturated carbocycles. The van der Waals surface area contributed by atoms with Gasteiger partial charge in [-0.1, -0.05) is 24.1 Å². The number of benzene rings is 1. The predicted octanol–water partition coefficient (Wildman–Crippen LogP) is 4.41. The van der Waals surface area contributed by atoms with Crippen molar-refractivity contribution in [3.63, 3.8) is 0 Å². The Labute approximate surface area is 155 Å². The number of rotatable bonds is 5. The molecule has 0 aliphatic carbocycles. The minimum Gasteiger partial charge on any atom is -0.468 e. The van der Waals surface area contributed by atoms with Crippen LogP contribution in [0, 0.1) is 13.8 Å². The van der Waals surface area contributed by atoms with E-state index in [-0.39, 0.29) is 6.04 Å². The number of hydrogen-bond acceptors (Lipinski definition) is 3. The molecule has 4 nitrogen and oxygen atoms in total. The summed E-state index contributed by atoms with van der Waals surface area (Å²) in [5, 5.41) is 7.34. The average Bonchev–Trinajstić information content (AvgIpc) is 3.13. The summed E-state index contributed by atoms with van der Waals surface area (Å²) in [4.78, 5) is 2.50. The Morgan fingerprint density at radius 3 is 2.68 bits per heavy atom. The third-order valence-electron chi connectivity index (χ3n) is 4.79. The van der Waals surface area contributed by atoms with Gasteiger partial charge >= 0.3 is 0 Å². The number of nitrogens with one attached hydrogen (secondary N) is 2. The molecule has 0 amide bonds. The van der Waals surface area contributed by atoms with Crippen molar-refractivity contribution >= 4 is 23.0 Å². The number of nitrogens with zero attached hydrogens (tertiary/aromatic N) is 1. The normalized spacial score (nSPS) is 16.4. The fourth-order valence-corrected chi connectivity index (χ4v) is 3.62. The Kier molecular flexibility index (Phi) is 6.10. The first kappa shape index (κ1) is 18.0. The molecule has 1 aliphatic rings. The van der Waals surface area contributed by atoms with Gasteiger partial charge in [-0.3, -0.25) is 4.90 Å². The summed E-state index contributed by atoms with van der Waals surface area (Å²) < 4.78 is 5.69. The van der Waals surface area contributed by atoms with E-state index in [0.717, 1.165) is 31.1 Å². The van der Waals surface area contributed by atoms with Crippen LogP contribution in [0.25, 0.3) is 0 Å². The molecule has 2 heterocycles. The van der Waals surface area contributed by atoms with Gasteiger partial charge in [0.2, 0.25) is 0 Å². The van der Waals surface area contributed by atoms with Crippen LogP contribution >= 0.6 is 12.2 Å². The highest BCUT2D eigenvalue weighted by Gasteiger charge is 2.24. The van der Waals surface area contributed by atoms with E-state index < -0.39 is 0 Å². The number of aryl methyl sites for hydroxylation is 2. The van der Waals surface area contributed by atoms with Gasteiger partial charge in [-0.15, -0.1) is 0 Å². The lowest BCUT2D eigenvalue weighted by Crippen LogP contribution is -2.41.